The summed E-state index contributed by atoms with van der Waals surface area (Å²) in [4.78, 5) is 5.08. The summed E-state index contributed by atoms with van der Waals surface area (Å²) in [6.07, 6.45) is 0. The fourth-order valence-corrected chi connectivity index (χ4v) is 8.56. The van der Waals surface area contributed by atoms with Crippen molar-refractivity contribution in [1.29, 1.82) is 0 Å². The molecule has 0 aliphatic carbocycles. The molecule has 7 aromatic rings. The molecule has 0 atom stereocenters. The molecule has 0 unspecified atom stereocenters. The molecule has 0 aliphatic rings. The molecule has 38 heavy (non-hydrogen) atoms. The predicted molar refractivity (Wildman–Crippen MR) is 173 cm³/mol. The zero-order chi connectivity index (χ0) is 25.8. The van der Waals surface area contributed by atoms with E-state index in [0.29, 0.717) is 0 Å². The van der Waals surface area contributed by atoms with E-state index in [2.05, 4.69) is 153 Å². The fourth-order valence-electron chi connectivity index (χ4n) is 5.10. The molecule has 0 saturated carbocycles. The van der Waals surface area contributed by atoms with E-state index in [4.69, 9.17) is 0 Å². The summed E-state index contributed by atoms with van der Waals surface area (Å²) in [6, 6.07) is 39.3. The first-order valence-corrected chi connectivity index (χ1v) is 15.5. The van der Waals surface area contributed by atoms with Crippen molar-refractivity contribution in [3.63, 3.8) is 0 Å². The molecule has 0 saturated heterocycles. The smallest absolute Gasteiger partial charge is 0.0496 e. The topological polar surface area (TPSA) is 4.93 Å². The fraction of sp³-hybridized carbons (Fsp3) is 0.0303. The summed E-state index contributed by atoms with van der Waals surface area (Å²) < 4.78 is 4.56. The third-order valence-corrected chi connectivity index (χ3v) is 10.7. The molecule has 0 spiro atoms. The molecule has 5 heteroatoms. The van der Waals surface area contributed by atoms with Gasteiger partial charge in [0.15, 0.2) is 0 Å². The van der Waals surface area contributed by atoms with E-state index in [0.717, 1.165) is 8.95 Å². The lowest BCUT2D eigenvalue weighted by Gasteiger charge is -2.05. The van der Waals surface area contributed by atoms with Crippen molar-refractivity contribution in [2.75, 3.05) is 0 Å². The number of fused-ring (bicyclic) bond motifs is 3. The molecule has 3 aromatic heterocycles. The molecule has 184 valence electrons. The Balaban J connectivity index is 1.34. The highest BCUT2D eigenvalue weighted by molar-refractivity contribution is 9.11. The number of nitrogens with zero attached hydrogens (tertiary/aromatic N) is 1. The lowest BCUT2D eigenvalue weighted by Crippen LogP contribution is -1.88. The third-order valence-electron chi connectivity index (χ3n) is 7.04. The molecule has 0 radical (unpaired) electrons. The van der Waals surface area contributed by atoms with Gasteiger partial charge in [-0.05, 0) is 59.7 Å². The molecule has 0 fully saturated rings. The van der Waals surface area contributed by atoms with Crippen LogP contribution < -0.4 is 0 Å². The van der Waals surface area contributed by atoms with Crippen LogP contribution in [-0.4, -0.2) is 4.57 Å². The van der Waals surface area contributed by atoms with Gasteiger partial charge in [-0.2, -0.15) is 0 Å². The molecule has 1 nitrogen and oxygen atoms in total. The highest BCUT2D eigenvalue weighted by Gasteiger charge is 2.17. The second-order valence-electron chi connectivity index (χ2n) is 9.32. The van der Waals surface area contributed by atoms with Crippen LogP contribution in [0.5, 0.6) is 0 Å². The van der Waals surface area contributed by atoms with E-state index >= 15 is 0 Å². The molecule has 3 heterocycles. The number of aromatic nitrogens is 1. The van der Waals surface area contributed by atoms with E-state index in [1.165, 1.54) is 63.6 Å². The van der Waals surface area contributed by atoms with Gasteiger partial charge in [-0.1, -0.05) is 92.5 Å². The molecule has 4 aromatic carbocycles. The number of benzene rings is 4. The van der Waals surface area contributed by atoms with Gasteiger partial charge < -0.3 is 4.57 Å². The van der Waals surface area contributed by atoms with Crippen LogP contribution in [0, 0.1) is 0 Å². The molecular formula is C33H21Br2NS2. The lowest BCUT2D eigenvalue weighted by molar-refractivity contribution is 1.01. The maximum atomic E-state index is 3.90. The quantitative estimate of drug-likeness (QED) is 0.178. The summed E-state index contributed by atoms with van der Waals surface area (Å²) in [7, 11) is 2.17. The summed E-state index contributed by atoms with van der Waals surface area (Å²) in [5.41, 5.74) is 7.42. The van der Waals surface area contributed by atoms with E-state index in [-0.39, 0.29) is 0 Å². The minimum Gasteiger partial charge on any atom is -0.344 e. The van der Waals surface area contributed by atoms with Crippen LogP contribution in [0.1, 0.15) is 0 Å². The minimum atomic E-state index is 1.12. The average molecular weight is 655 g/mol. The van der Waals surface area contributed by atoms with Crippen LogP contribution in [0.15, 0.2) is 118 Å². The first-order valence-electron chi connectivity index (χ1n) is 12.3. The number of rotatable bonds is 4. The zero-order valence-corrected chi connectivity index (χ0v) is 25.2. The van der Waals surface area contributed by atoms with Gasteiger partial charge in [0, 0.05) is 68.4 Å². The SMILES string of the molecule is Cn1c2cc(-c3ccc(-c4ccccc4)s3)c(Br)cc2c2cc(Br)c(-c3ccc(-c4ccccc4)s3)cc21. The number of hydrogen-bond acceptors (Lipinski definition) is 2. The maximum absolute atomic E-state index is 3.90. The first kappa shape index (κ1) is 24.1. The largest absolute Gasteiger partial charge is 0.344 e. The minimum absolute atomic E-state index is 1.12. The molecule has 7 rings (SSSR count). The Hall–Kier alpha value is -2.96. The van der Waals surface area contributed by atoms with Crippen molar-refractivity contribution in [3.8, 4) is 41.8 Å². The molecule has 0 aliphatic heterocycles. The van der Waals surface area contributed by atoms with Gasteiger partial charge in [0.2, 0.25) is 0 Å². The van der Waals surface area contributed by atoms with E-state index in [9.17, 15) is 0 Å². The van der Waals surface area contributed by atoms with Crippen molar-refractivity contribution in [2.45, 2.75) is 0 Å². The van der Waals surface area contributed by atoms with Gasteiger partial charge in [0.1, 0.15) is 0 Å². The Bertz CT molecular complexity index is 1810. The van der Waals surface area contributed by atoms with Gasteiger partial charge in [-0.15, -0.1) is 22.7 Å². The first-order chi connectivity index (χ1) is 18.6. The highest BCUT2D eigenvalue weighted by atomic mass is 79.9. The molecular weight excluding hydrogens is 634 g/mol. The van der Waals surface area contributed by atoms with E-state index in [1.54, 1.807) is 0 Å². The standard InChI is InChI=1S/C33H21Br2NS2/c1-36-28-18-24(32-14-12-30(37-32)20-8-4-2-5-9-20)26(34)16-22(28)23-17-27(35)25(19-29(23)36)33-15-13-31(38-33)21-10-6-3-7-11-21/h2-19H,1H3. The average Bonchev–Trinajstić information content (AvgIpc) is 3.69. The van der Waals surface area contributed by atoms with Crippen LogP contribution >= 0.6 is 54.5 Å². The Morgan fingerprint density at radius 3 is 1.32 bits per heavy atom. The molecule has 0 amide bonds. The van der Waals surface area contributed by atoms with E-state index < -0.39 is 0 Å². The highest BCUT2D eigenvalue weighted by Crippen LogP contribution is 2.44. The number of hydrogen-bond donors (Lipinski definition) is 0. The summed E-state index contributed by atoms with van der Waals surface area (Å²) in [5, 5.41) is 2.50. The van der Waals surface area contributed by atoms with Gasteiger partial charge in [-0.25, -0.2) is 0 Å². The predicted octanol–water partition coefficient (Wildman–Crippen LogP) is 11.6. The number of aryl methyl sites for hydroxylation is 1. The van der Waals surface area contributed by atoms with Crippen molar-refractivity contribution in [1.82, 2.24) is 4.57 Å². The van der Waals surface area contributed by atoms with Gasteiger partial charge in [0.05, 0.1) is 0 Å². The van der Waals surface area contributed by atoms with Gasteiger partial charge >= 0.3 is 0 Å². The Kier molecular flexibility index (Phi) is 6.12. The third kappa shape index (κ3) is 4.09. The van der Waals surface area contributed by atoms with E-state index in [1.807, 2.05) is 22.7 Å². The Morgan fingerprint density at radius 1 is 0.500 bits per heavy atom. The normalized spacial score (nSPS) is 11.6. The second kappa shape index (κ2) is 9.65. The van der Waals surface area contributed by atoms with Crippen LogP contribution in [0.4, 0.5) is 0 Å². The van der Waals surface area contributed by atoms with Crippen molar-refractivity contribution in [3.05, 3.63) is 118 Å². The number of thiophene rings is 2. The van der Waals surface area contributed by atoms with Crippen molar-refractivity contribution >= 4 is 76.3 Å². The summed E-state index contributed by atoms with van der Waals surface area (Å²) in [6.45, 7) is 0. The van der Waals surface area contributed by atoms with Crippen molar-refractivity contribution < 1.29 is 0 Å². The molecule has 0 N–H and O–H groups in total. The molecule has 0 bridgehead atoms. The monoisotopic (exact) mass is 653 g/mol. The van der Waals surface area contributed by atoms with Crippen LogP contribution in [0.2, 0.25) is 0 Å². The Morgan fingerprint density at radius 2 is 0.895 bits per heavy atom. The summed E-state index contributed by atoms with van der Waals surface area (Å²) in [5.74, 6) is 0. The van der Waals surface area contributed by atoms with Crippen LogP contribution in [-0.2, 0) is 7.05 Å². The van der Waals surface area contributed by atoms with Crippen molar-refractivity contribution in [2.24, 2.45) is 7.05 Å². The van der Waals surface area contributed by atoms with Gasteiger partial charge in [0.25, 0.3) is 0 Å². The van der Waals surface area contributed by atoms with Crippen LogP contribution in [0.3, 0.4) is 0 Å². The number of halogens is 2. The second-order valence-corrected chi connectivity index (χ2v) is 13.2. The maximum Gasteiger partial charge on any atom is 0.0496 e. The van der Waals surface area contributed by atoms with Gasteiger partial charge in [-0.3, -0.25) is 0 Å². The van der Waals surface area contributed by atoms with Crippen LogP contribution in [0.25, 0.3) is 63.6 Å². The Labute approximate surface area is 246 Å². The zero-order valence-electron chi connectivity index (χ0n) is 20.4. The lowest BCUT2D eigenvalue weighted by atomic mass is 10.1. The summed E-state index contributed by atoms with van der Waals surface area (Å²) >= 11 is 11.5.